The fourth-order valence-corrected chi connectivity index (χ4v) is 2.28. The summed E-state index contributed by atoms with van der Waals surface area (Å²) >= 11 is 1.78. The third-order valence-electron chi connectivity index (χ3n) is 2.76. The van der Waals surface area contributed by atoms with Gasteiger partial charge in [0.1, 0.15) is 24.4 Å². The van der Waals surface area contributed by atoms with Crippen LogP contribution >= 0.6 is 11.8 Å². The second-order valence-corrected chi connectivity index (χ2v) is 5.29. The second-order valence-electron chi connectivity index (χ2n) is 4.34. The molecule has 0 aliphatic carbocycles. The van der Waals surface area contributed by atoms with Crippen molar-refractivity contribution in [1.29, 1.82) is 0 Å². The molecule has 20 heavy (non-hydrogen) atoms. The van der Waals surface area contributed by atoms with Crippen LogP contribution in [0.3, 0.4) is 0 Å². The lowest BCUT2D eigenvalue weighted by molar-refractivity contribution is -0.253. The molecule has 2 heterocycles. The molecule has 5 atom stereocenters. The Hall–Kier alpha value is -0.710. The van der Waals surface area contributed by atoms with E-state index in [4.69, 9.17) is 9.84 Å². The van der Waals surface area contributed by atoms with Gasteiger partial charge in [-0.3, -0.25) is 9.79 Å². The van der Waals surface area contributed by atoms with Gasteiger partial charge in [0.05, 0.1) is 12.2 Å². The first kappa shape index (κ1) is 17.3. The lowest BCUT2D eigenvalue weighted by Gasteiger charge is -2.40. The summed E-state index contributed by atoms with van der Waals surface area (Å²) in [6, 6.07) is -1.10. The van der Waals surface area contributed by atoms with E-state index in [2.05, 4.69) is 10.3 Å². The lowest BCUT2D eigenvalue weighted by atomic mass is 9.97. The highest BCUT2D eigenvalue weighted by Crippen LogP contribution is 2.19. The molecule has 8 nitrogen and oxygen atoms in total. The van der Waals surface area contributed by atoms with Gasteiger partial charge in [0, 0.05) is 19.2 Å². The molecule has 0 spiro atoms. The van der Waals surface area contributed by atoms with Gasteiger partial charge in [-0.2, -0.15) is 0 Å². The van der Waals surface area contributed by atoms with Gasteiger partial charge in [0.2, 0.25) is 5.91 Å². The predicted octanol–water partition coefficient (Wildman–Crippen LogP) is -2.32. The molecule has 1 fully saturated rings. The Morgan fingerprint density at radius 3 is 2.55 bits per heavy atom. The largest absolute Gasteiger partial charge is 0.394 e. The molecular weight excluding hydrogens is 288 g/mol. The number of hydrogen-bond donors (Lipinski definition) is 5. The maximum Gasteiger partial charge on any atom is 0.217 e. The molecule has 1 saturated heterocycles. The van der Waals surface area contributed by atoms with Crippen molar-refractivity contribution in [3.8, 4) is 0 Å². The summed E-state index contributed by atoms with van der Waals surface area (Å²) in [4.78, 5) is 14.7. The van der Waals surface area contributed by atoms with Crippen molar-refractivity contribution in [2.45, 2.75) is 37.6 Å². The molecule has 2 aliphatic rings. The SMILES string of the molecule is C1=NCCS1.CC(=O)N[C@H]1C(O)O[C@H](CO)[C@@H](O)[C@@H]1O. The third kappa shape index (κ3) is 5.00. The molecule has 116 valence electrons. The van der Waals surface area contributed by atoms with Gasteiger partial charge >= 0.3 is 0 Å². The van der Waals surface area contributed by atoms with Crippen molar-refractivity contribution in [2.75, 3.05) is 18.9 Å². The molecule has 0 bridgehead atoms. The Morgan fingerprint density at radius 1 is 1.45 bits per heavy atom. The second kappa shape index (κ2) is 8.55. The van der Waals surface area contributed by atoms with Gasteiger partial charge < -0.3 is 30.5 Å². The van der Waals surface area contributed by atoms with Gasteiger partial charge in [0.25, 0.3) is 0 Å². The van der Waals surface area contributed by atoms with Crippen molar-refractivity contribution >= 4 is 23.2 Å². The average molecular weight is 308 g/mol. The Bertz CT molecular complexity index is 337. The number of hydrogen-bond acceptors (Lipinski definition) is 8. The quantitative estimate of drug-likeness (QED) is 0.387. The van der Waals surface area contributed by atoms with Crippen molar-refractivity contribution in [3.05, 3.63) is 0 Å². The van der Waals surface area contributed by atoms with E-state index in [1.165, 1.54) is 12.7 Å². The fourth-order valence-electron chi connectivity index (χ4n) is 1.75. The number of aliphatic hydroxyl groups is 4. The van der Waals surface area contributed by atoms with Crippen molar-refractivity contribution in [2.24, 2.45) is 4.99 Å². The van der Waals surface area contributed by atoms with Crippen LogP contribution in [0.25, 0.3) is 0 Å². The average Bonchev–Trinajstić information content (AvgIpc) is 2.98. The Kier molecular flexibility index (Phi) is 7.41. The van der Waals surface area contributed by atoms with Crippen LogP contribution in [0.5, 0.6) is 0 Å². The molecule has 1 unspecified atom stereocenters. The maximum absolute atomic E-state index is 10.7. The first-order chi connectivity index (χ1) is 9.47. The minimum absolute atomic E-state index is 0.462. The summed E-state index contributed by atoms with van der Waals surface area (Å²) in [6.07, 6.45) is -5.24. The smallest absolute Gasteiger partial charge is 0.217 e. The monoisotopic (exact) mass is 308 g/mol. The fraction of sp³-hybridized carbons (Fsp3) is 0.818. The number of carbonyl (C=O) groups is 1. The molecule has 0 saturated carbocycles. The van der Waals surface area contributed by atoms with E-state index in [0.29, 0.717) is 0 Å². The number of aliphatic imine (C=N–C) groups is 1. The third-order valence-corrected chi connectivity index (χ3v) is 3.47. The van der Waals surface area contributed by atoms with E-state index >= 15 is 0 Å². The first-order valence-corrected chi connectivity index (χ1v) is 7.19. The van der Waals surface area contributed by atoms with Gasteiger partial charge in [0.15, 0.2) is 6.29 Å². The van der Waals surface area contributed by atoms with Gasteiger partial charge in [-0.1, -0.05) is 0 Å². The van der Waals surface area contributed by atoms with Crippen LogP contribution in [-0.4, -0.2) is 81.4 Å². The number of amides is 1. The van der Waals surface area contributed by atoms with E-state index in [-0.39, 0.29) is 0 Å². The van der Waals surface area contributed by atoms with Crippen molar-refractivity contribution < 1.29 is 30.0 Å². The highest BCUT2D eigenvalue weighted by Gasteiger charge is 2.43. The highest BCUT2D eigenvalue weighted by atomic mass is 32.2. The number of carbonyl (C=O) groups excluding carboxylic acids is 1. The van der Waals surface area contributed by atoms with Gasteiger partial charge in [-0.05, 0) is 0 Å². The Labute approximate surface area is 120 Å². The zero-order valence-electron chi connectivity index (χ0n) is 11.0. The molecule has 0 aromatic carbocycles. The zero-order chi connectivity index (χ0) is 15.1. The van der Waals surface area contributed by atoms with Crippen LogP contribution < -0.4 is 5.32 Å². The molecular formula is C11H20N2O6S. The number of nitrogens with zero attached hydrogens (tertiary/aromatic N) is 1. The predicted molar refractivity (Wildman–Crippen MR) is 73.4 cm³/mol. The van der Waals surface area contributed by atoms with E-state index in [9.17, 15) is 20.1 Å². The minimum atomic E-state index is -1.45. The number of ether oxygens (including phenoxy) is 1. The molecule has 9 heteroatoms. The number of nitrogens with one attached hydrogen (secondary N) is 1. The normalized spacial score (nSPS) is 36.1. The summed E-state index contributed by atoms with van der Waals surface area (Å²) in [5.41, 5.74) is 1.90. The number of aliphatic hydroxyl groups excluding tert-OH is 4. The standard InChI is InChI=1S/C8H15NO6.C3H5NS/c1-3(11)9-5-7(13)6(12)4(2-10)15-8(5)14;1-2-5-3-4-1/h4-8,10,12-14H,2H2,1H3,(H,9,11);3H,1-2H2/t4-,5-,6-,7-,8?;/m1./s1. The molecule has 2 aliphatic heterocycles. The van der Waals surface area contributed by atoms with Crippen LogP contribution in [0.2, 0.25) is 0 Å². The topological polar surface area (TPSA) is 132 Å². The van der Waals surface area contributed by atoms with Crippen LogP contribution in [0.15, 0.2) is 4.99 Å². The first-order valence-electron chi connectivity index (χ1n) is 6.15. The van der Waals surface area contributed by atoms with E-state index in [0.717, 1.165) is 6.54 Å². The van der Waals surface area contributed by atoms with Crippen molar-refractivity contribution in [1.82, 2.24) is 5.32 Å². The summed E-state index contributed by atoms with van der Waals surface area (Å²) in [5, 5.41) is 39.4. The Balaban J connectivity index is 0.000000333. The van der Waals surface area contributed by atoms with E-state index < -0.39 is 43.2 Å². The van der Waals surface area contributed by atoms with Crippen LogP contribution in [0.1, 0.15) is 6.92 Å². The van der Waals surface area contributed by atoms with E-state index in [1.54, 1.807) is 11.8 Å². The van der Waals surface area contributed by atoms with Crippen LogP contribution in [-0.2, 0) is 9.53 Å². The lowest BCUT2D eigenvalue weighted by Crippen LogP contribution is -2.63. The van der Waals surface area contributed by atoms with Gasteiger partial charge in [-0.25, -0.2) is 0 Å². The summed E-state index contributed by atoms with van der Waals surface area (Å²) in [6.45, 7) is 1.72. The van der Waals surface area contributed by atoms with Crippen molar-refractivity contribution in [3.63, 3.8) is 0 Å². The minimum Gasteiger partial charge on any atom is -0.394 e. The molecule has 5 N–H and O–H groups in total. The maximum atomic E-state index is 10.7. The molecule has 2 rings (SSSR count). The van der Waals surface area contributed by atoms with Crippen LogP contribution in [0.4, 0.5) is 0 Å². The molecule has 0 aromatic rings. The van der Waals surface area contributed by atoms with Crippen LogP contribution in [0, 0.1) is 0 Å². The summed E-state index contributed by atoms with van der Waals surface area (Å²) in [7, 11) is 0. The van der Waals surface area contributed by atoms with E-state index in [1.807, 2.05) is 5.55 Å². The molecule has 0 radical (unpaired) electrons. The zero-order valence-corrected chi connectivity index (χ0v) is 11.9. The molecule has 1 amide bonds. The molecule has 0 aromatic heterocycles. The number of thioether (sulfide) groups is 1. The van der Waals surface area contributed by atoms with Gasteiger partial charge in [-0.15, -0.1) is 11.8 Å². The summed E-state index contributed by atoms with van der Waals surface area (Å²) < 4.78 is 4.81. The summed E-state index contributed by atoms with van der Waals surface area (Å²) in [5.74, 6) is 0.733. The number of rotatable bonds is 2. The highest BCUT2D eigenvalue weighted by molar-refractivity contribution is 8.12. The Morgan fingerprint density at radius 2 is 2.15 bits per heavy atom.